The van der Waals surface area contributed by atoms with Crippen molar-refractivity contribution in [2.24, 2.45) is 11.8 Å². The maximum atomic E-state index is 11.3. The number of rotatable bonds is 3. The molecule has 0 unspecified atom stereocenters. The summed E-state index contributed by atoms with van der Waals surface area (Å²) >= 11 is 4.23. The van der Waals surface area contributed by atoms with Crippen LogP contribution in [0.2, 0.25) is 0 Å². The van der Waals surface area contributed by atoms with Gasteiger partial charge >= 0.3 is 5.97 Å². The third-order valence-corrected chi connectivity index (χ3v) is 5.45. The Labute approximate surface area is 140 Å². The molecule has 1 aliphatic carbocycles. The van der Waals surface area contributed by atoms with E-state index >= 15 is 0 Å². The fourth-order valence-corrected chi connectivity index (χ4v) is 4.71. The number of phenolic OH excluding ortho intramolecular Hbond substituents is 1. The third-order valence-electron chi connectivity index (χ3n) is 3.80. The van der Waals surface area contributed by atoms with Crippen LogP contribution in [-0.4, -0.2) is 16.2 Å². The molecule has 0 amide bonds. The van der Waals surface area contributed by atoms with Crippen molar-refractivity contribution in [3.8, 4) is 5.75 Å². The number of hydrogen-bond acceptors (Lipinski definition) is 2. The Morgan fingerprint density at radius 2 is 1.79 bits per heavy atom. The summed E-state index contributed by atoms with van der Waals surface area (Å²) in [4.78, 5) is 11.3. The molecule has 1 aliphatic rings. The van der Waals surface area contributed by atoms with Crippen molar-refractivity contribution >= 4 is 51.2 Å². The standard InChI is InChI=1S/C14H16I2O3/c15-11-6-8(7-12(16)13(11)17)5-9-3-1-2-4-10(9)14(18)19/h6-7,9-10,17H,1-5H2,(H,18,19)/t9-,10-/m0/s1. The molecular formula is C14H16I2O3. The van der Waals surface area contributed by atoms with Gasteiger partial charge in [0.05, 0.1) is 13.1 Å². The van der Waals surface area contributed by atoms with Gasteiger partial charge in [0.25, 0.3) is 0 Å². The Bertz CT molecular complexity index is 465. The van der Waals surface area contributed by atoms with Gasteiger partial charge in [-0.05, 0) is 88.1 Å². The predicted octanol–water partition coefficient (Wildman–Crippen LogP) is 4.03. The van der Waals surface area contributed by atoms with E-state index in [0.29, 0.717) is 5.75 Å². The molecule has 19 heavy (non-hydrogen) atoms. The van der Waals surface area contributed by atoms with Crippen molar-refractivity contribution in [1.29, 1.82) is 0 Å². The van der Waals surface area contributed by atoms with Crippen LogP contribution in [0.15, 0.2) is 12.1 Å². The van der Waals surface area contributed by atoms with Crippen molar-refractivity contribution < 1.29 is 15.0 Å². The lowest BCUT2D eigenvalue weighted by Crippen LogP contribution is -2.28. The first-order chi connectivity index (χ1) is 8.99. The molecule has 1 fully saturated rings. The molecule has 0 saturated heterocycles. The second-order valence-electron chi connectivity index (χ2n) is 5.10. The number of phenols is 1. The summed E-state index contributed by atoms with van der Waals surface area (Å²) < 4.78 is 1.67. The van der Waals surface area contributed by atoms with Crippen molar-refractivity contribution in [2.45, 2.75) is 32.1 Å². The average molecular weight is 486 g/mol. The SMILES string of the molecule is O=C(O)[C@H]1CCCC[C@H]1Cc1cc(I)c(O)c(I)c1. The summed E-state index contributed by atoms with van der Waals surface area (Å²) in [5.41, 5.74) is 1.13. The number of carbonyl (C=O) groups is 1. The number of halogens is 2. The van der Waals surface area contributed by atoms with E-state index < -0.39 is 5.97 Å². The van der Waals surface area contributed by atoms with Crippen LogP contribution in [-0.2, 0) is 11.2 Å². The zero-order valence-corrected chi connectivity index (χ0v) is 14.7. The lowest BCUT2D eigenvalue weighted by Gasteiger charge is -2.28. The molecule has 1 aromatic carbocycles. The zero-order chi connectivity index (χ0) is 14.0. The molecule has 0 spiro atoms. The molecular weight excluding hydrogens is 470 g/mol. The van der Waals surface area contributed by atoms with Crippen molar-refractivity contribution in [1.82, 2.24) is 0 Å². The van der Waals surface area contributed by atoms with Gasteiger partial charge in [-0.2, -0.15) is 0 Å². The van der Waals surface area contributed by atoms with E-state index in [0.717, 1.165) is 44.8 Å². The van der Waals surface area contributed by atoms with Crippen molar-refractivity contribution in [2.75, 3.05) is 0 Å². The fraction of sp³-hybridized carbons (Fsp3) is 0.500. The Kier molecular flexibility index (Phi) is 5.33. The highest BCUT2D eigenvalue weighted by Gasteiger charge is 2.30. The fourth-order valence-electron chi connectivity index (χ4n) is 2.82. The van der Waals surface area contributed by atoms with Gasteiger partial charge in [0.15, 0.2) is 0 Å². The molecule has 0 heterocycles. The Balaban J connectivity index is 2.17. The van der Waals surface area contributed by atoms with Gasteiger partial charge < -0.3 is 10.2 Å². The quantitative estimate of drug-likeness (QED) is 0.635. The molecule has 0 aromatic heterocycles. The summed E-state index contributed by atoms with van der Waals surface area (Å²) in [6, 6.07) is 3.93. The molecule has 0 aliphatic heterocycles. The maximum absolute atomic E-state index is 11.3. The highest BCUT2D eigenvalue weighted by molar-refractivity contribution is 14.1. The van der Waals surface area contributed by atoms with Crippen LogP contribution >= 0.6 is 45.2 Å². The van der Waals surface area contributed by atoms with Crippen LogP contribution < -0.4 is 0 Å². The first kappa shape index (κ1) is 15.3. The number of aromatic hydroxyl groups is 1. The molecule has 0 radical (unpaired) electrons. The largest absolute Gasteiger partial charge is 0.506 e. The predicted molar refractivity (Wildman–Crippen MR) is 90.3 cm³/mol. The second-order valence-corrected chi connectivity index (χ2v) is 7.43. The number of benzene rings is 1. The van der Waals surface area contributed by atoms with E-state index in [1.54, 1.807) is 0 Å². The minimum atomic E-state index is -0.659. The molecule has 1 aromatic rings. The summed E-state index contributed by atoms with van der Waals surface area (Å²) in [6.45, 7) is 0. The molecule has 0 bridgehead atoms. The van der Waals surface area contributed by atoms with Gasteiger partial charge in [0, 0.05) is 0 Å². The van der Waals surface area contributed by atoms with Gasteiger partial charge in [-0.3, -0.25) is 4.79 Å². The Hall–Kier alpha value is -0.0500. The minimum Gasteiger partial charge on any atom is -0.506 e. The number of carboxylic acid groups (broad SMARTS) is 1. The molecule has 5 heteroatoms. The first-order valence-corrected chi connectivity index (χ1v) is 8.54. The molecule has 2 N–H and O–H groups in total. The average Bonchev–Trinajstić information content (AvgIpc) is 2.36. The van der Waals surface area contributed by atoms with E-state index in [2.05, 4.69) is 45.2 Å². The van der Waals surface area contributed by atoms with Gasteiger partial charge in [0.1, 0.15) is 5.75 Å². The van der Waals surface area contributed by atoms with E-state index in [9.17, 15) is 15.0 Å². The van der Waals surface area contributed by atoms with Gasteiger partial charge in [-0.25, -0.2) is 0 Å². The molecule has 2 rings (SSSR count). The van der Waals surface area contributed by atoms with Gasteiger partial charge in [-0.1, -0.05) is 12.8 Å². The van der Waals surface area contributed by atoms with Crippen LogP contribution in [0, 0.1) is 19.0 Å². The lowest BCUT2D eigenvalue weighted by atomic mass is 9.76. The van der Waals surface area contributed by atoms with Crippen LogP contribution in [0.5, 0.6) is 5.75 Å². The first-order valence-electron chi connectivity index (χ1n) is 6.38. The Morgan fingerprint density at radius 1 is 1.21 bits per heavy atom. The summed E-state index contributed by atoms with van der Waals surface area (Å²) in [5, 5.41) is 19.1. The smallest absolute Gasteiger partial charge is 0.306 e. The minimum absolute atomic E-state index is 0.210. The van der Waals surface area contributed by atoms with Crippen LogP contribution in [0.1, 0.15) is 31.2 Å². The monoisotopic (exact) mass is 486 g/mol. The molecule has 104 valence electrons. The zero-order valence-electron chi connectivity index (χ0n) is 10.4. The normalized spacial score (nSPS) is 23.3. The van der Waals surface area contributed by atoms with Crippen LogP contribution in [0.3, 0.4) is 0 Å². The summed E-state index contributed by atoms with van der Waals surface area (Å²) in [6.07, 6.45) is 4.74. The van der Waals surface area contributed by atoms with Gasteiger partial charge in [-0.15, -0.1) is 0 Å². The summed E-state index contributed by atoms with van der Waals surface area (Å²) in [7, 11) is 0. The second kappa shape index (κ2) is 6.60. The molecule has 1 saturated carbocycles. The number of aliphatic carboxylic acids is 1. The van der Waals surface area contributed by atoms with Crippen molar-refractivity contribution in [3.05, 3.63) is 24.8 Å². The van der Waals surface area contributed by atoms with Gasteiger partial charge in [0.2, 0.25) is 0 Å². The lowest BCUT2D eigenvalue weighted by molar-refractivity contribution is -0.144. The topological polar surface area (TPSA) is 57.5 Å². The highest BCUT2D eigenvalue weighted by Crippen LogP contribution is 2.35. The number of carboxylic acids is 1. The number of hydrogen-bond donors (Lipinski definition) is 2. The Morgan fingerprint density at radius 3 is 2.37 bits per heavy atom. The summed E-state index contributed by atoms with van der Waals surface area (Å²) in [5.74, 6) is -0.323. The third kappa shape index (κ3) is 3.74. The van der Waals surface area contributed by atoms with E-state index in [4.69, 9.17) is 0 Å². The van der Waals surface area contributed by atoms with E-state index in [1.807, 2.05) is 12.1 Å². The van der Waals surface area contributed by atoms with Crippen LogP contribution in [0.4, 0.5) is 0 Å². The maximum Gasteiger partial charge on any atom is 0.306 e. The van der Waals surface area contributed by atoms with E-state index in [1.165, 1.54) is 0 Å². The van der Waals surface area contributed by atoms with Crippen LogP contribution in [0.25, 0.3) is 0 Å². The molecule has 2 atom stereocenters. The van der Waals surface area contributed by atoms with Crippen molar-refractivity contribution in [3.63, 3.8) is 0 Å². The highest BCUT2D eigenvalue weighted by atomic mass is 127. The molecule has 3 nitrogen and oxygen atoms in total. The van der Waals surface area contributed by atoms with E-state index in [-0.39, 0.29) is 11.8 Å².